The molecule has 1 aliphatic heterocycles. The predicted octanol–water partition coefficient (Wildman–Crippen LogP) is 6.79. The number of aryl methyl sites for hydroxylation is 4. The fourth-order valence-electron chi connectivity index (χ4n) is 5.02. The number of pyridine rings is 2. The molecule has 3 heterocycles. The molecule has 0 radical (unpaired) electrons. The molecule has 9 heteroatoms. The summed E-state index contributed by atoms with van der Waals surface area (Å²) in [5.41, 5.74) is 5.47. The lowest BCUT2D eigenvalue weighted by Crippen LogP contribution is -2.15. The van der Waals surface area contributed by atoms with E-state index in [0.717, 1.165) is 63.3 Å². The highest BCUT2D eigenvalue weighted by atomic mass is 32.2. The zero-order valence-electron chi connectivity index (χ0n) is 26.6. The normalized spacial score (nSPS) is 14.4. The van der Waals surface area contributed by atoms with E-state index in [1.165, 1.54) is 7.11 Å². The molecule has 236 valence electrons. The van der Waals surface area contributed by atoms with Gasteiger partial charge in [0.25, 0.3) is 0 Å². The number of aromatic hydroxyl groups is 1. The van der Waals surface area contributed by atoms with Crippen LogP contribution in [0.15, 0.2) is 70.3 Å². The molecule has 1 atom stereocenters. The van der Waals surface area contributed by atoms with Crippen LogP contribution in [0.25, 0.3) is 24.6 Å². The van der Waals surface area contributed by atoms with Crippen LogP contribution in [-0.2, 0) is 0 Å². The summed E-state index contributed by atoms with van der Waals surface area (Å²) in [7, 11) is 3.17. The molecule has 0 spiro atoms. The van der Waals surface area contributed by atoms with Crippen LogP contribution < -0.4 is 25.1 Å². The largest absolute Gasteiger partial charge is 0.504 e. The van der Waals surface area contributed by atoms with E-state index in [1.807, 2.05) is 97.4 Å². The summed E-state index contributed by atoms with van der Waals surface area (Å²) in [5.74, 6) is 4.26. The van der Waals surface area contributed by atoms with Gasteiger partial charge in [0, 0.05) is 65.2 Å². The molecule has 0 saturated carbocycles. The summed E-state index contributed by atoms with van der Waals surface area (Å²) in [6.07, 6.45) is 9.04. The fourth-order valence-corrected chi connectivity index (χ4v) is 6.11. The average Bonchev–Trinajstić information content (AvgIpc) is 3.50. The molecule has 2 aromatic carbocycles. The Hall–Kier alpha value is -4.63. The van der Waals surface area contributed by atoms with Crippen molar-refractivity contribution in [3.8, 4) is 23.0 Å². The van der Waals surface area contributed by atoms with E-state index in [2.05, 4.69) is 0 Å². The minimum atomic E-state index is 0.00624. The van der Waals surface area contributed by atoms with Gasteiger partial charge in [-0.25, -0.2) is 0 Å². The number of ether oxygens (including phenoxy) is 3. The molecule has 1 N–H and O–H groups in total. The molecule has 1 unspecified atom stereocenters. The highest BCUT2D eigenvalue weighted by molar-refractivity contribution is 7.99. The number of nitrogens with zero attached hydrogens (tertiary/aromatic N) is 2. The third-order valence-corrected chi connectivity index (χ3v) is 8.46. The first kappa shape index (κ1) is 33.3. The molecule has 5 rings (SSSR count). The van der Waals surface area contributed by atoms with Gasteiger partial charge in [-0.1, -0.05) is 12.1 Å². The summed E-state index contributed by atoms with van der Waals surface area (Å²) in [4.78, 5) is 22.9. The molecule has 0 aliphatic carbocycles. The van der Waals surface area contributed by atoms with Gasteiger partial charge in [0.05, 0.1) is 14.2 Å². The molecule has 1 saturated heterocycles. The van der Waals surface area contributed by atoms with Crippen molar-refractivity contribution in [2.24, 2.45) is 0 Å². The number of phenolic OH excluding ortho intramolecular Hbond substituents is 1. The smallest absolute Gasteiger partial charge is 0.182 e. The van der Waals surface area contributed by atoms with Gasteiger partial charge in [0.2, 0.25) is 0 Å². The Bertz CT molecular complexity index is 1760. The molecule has 0 amide bonds. The van der Waals surface area contributed by atoms with E-state index in [0.29, 0.717) is 5.75 Å². The Morgan fingerprint density at radius 3 is 1.64 bits per heavy atom. The maximum absolute atomic E-state index is 11.5. The van der Waals surface area contributed by atoms with Gasteiger partial charge in [-0.15, -0.1) is 0 Å². The van der Waals surface area contributed by atoms with Gasteiger partial charge >= 0.3 is 0 Å². The van der Waals surface area contributed by atoms with Crippen LogP contribution in [0, 0.1) is 27.7 Å². The summed E-state index contributed by atoms with van der Waals surface area (Å²) < 4.78 is 20.5. The number of methoxy groups -OCH3 is 2. The Balaban J connectivity index is 0.000000210. The molecule has 1 fully saturated rings. The predicted molar refractivity (Wildman–Crippen MR) is 185 cm³/mol. The van der Waals surface area contributed by atoms with E-state index >= 15 is 0 Å². The second kappa shape index (κ2) is 15.4. The van der Waals surface area contributed by atoms with Crippen LogP contribution in [0.3, 0.4) is 0 Å². The van der Waals surface area contributed by atoms with E-state index in [-0.39, 0.29) is 22.7 Å². The number of benzene rings is 2. The maximum atomic E-state index is 11.5. The van der Waals surface area contributed by atoms with Gasteiger partial charge in [-0.2, -0.15) is 11.8 Å². The zero-order chi connectivity index (χ0) is 32.5. The van der Waals surface area contributed by atoms with Crippen LogP contribution in [0.5, 0.6) is 23.0 Å². The Morgan fingerprint density at radius 2 is 1.20 bits per heavy atom. The second-order valence-corrected chi connectivity index (χ2v) is 11.9. The Labute approximate surface area is 268 Å². The molecular weight excluding hydrogens is 588 g/mol. The number of rotatable bonds is 8. The highest BCUT2D eigenvalue weighted by Crippen LogP contribution is 2.32. The maximum Gasteiger partial charge on any atom is 0.182 e. The lowest BCUT2D eigenvalue weighted by Gasteiger charge is -2.16. The Kier molecular flexibility index (Phi) is 11.4. The number of hydrogen-bond acceptors (Lipinski definition) is 7. The second-order valence-electron chi connectivity index (χ2n) is 10.8. The third-order valence-electron chi connectivity index (χ3n) is 7.33. The average molecular weight is 629 g/mol. The standard InChI is InChI=1S/C20H23NO3S.C16H17NO3/c1-14-10-17(22)11-15(2)21(14)8-6-16-4-5-19(23-3)20(12-16)24-18-7-9-25-13-18;1-11-8-14(18)9-12(2)17(11)7-6-13-4-5-16(20-3)15(19)10-13/h4-6,8,10-12,18H,7,9,13H2,1-3H3;4-10,19H,1-3H3/b8-6+;7-6+. The molecular formula is C36H40N2O6S. The monoisotopic (exact) mass is 628 g/mol. The minimum absolute atomic E-state index is 0.00624. The van der Waals surface area contributed by atoms with E-state index < -0.39 is 0 Å². The zero-order valence-corrected chi connectivity index (χ0v) is 27.4. The molecule has 8 nitrogen and oxygen atoms in total. The number of aromatic nitrogens is 2. The summed E-state index contributed by atoms with van der Waals surface area (Å²) in [6.45, 7) is 7.62. The SMILES string of the molecule is COc1ccc(/C=C/n2c(C)cc(=O)cc2C)cc1O.COc1ccc(/C=C/n2c(C)cc(=O)cc2C)cc1OC1CCSC1. The van der Waals surface area contributed by atoms with Gasteiger partial charge in [0.1, 0.15) is 6.10 Å². The topological polar surface area (TPSA) is 91.9 Å². The van der Waals surface area contributed by atoms with Crippen molar-refractivity contribution in [3.05, 3.63) is 115 Å². The molecule has 1 aliphatic rings. The first-order valence-corrected chi connectivity index (χ1v) is 15.8. The molecule has 0 bridgehead atoms. The van der Waals surface area contributed by atoms with Gasteiger partial charge in [-0.3, -0.25) is 9.59 Å². The number of phenols is 1. The van der Waals surface area contributed by atoms with Gasteiger partial charge in [0.15, 0.2) is 33.9 Å². The van der Waals surface area contributed by atoms with Crippen molar-refractivity contribution in [1.29, 1.82) is 0 Å². The molecule has 4 aromatic rings. The number of hydrogen-bond donors (Lipinski definition) is 1. The van der Waals surface area contributed by atoms with Crippen LogP contribution in [0.4, 0.5) is 0 Å². The van der Waals surface area contributed by atoms with E-state index in [9.17, 15) is 14.7 Å². The first-order chi connectivity index (χ1) is 21.6. The summed E-state index contributed by atoms with van der Waals surface area (Å²) in [5, 5.41) is 9.73. The fraction of sp³-hybridized carbons (Fsp3) is 0.278. The molecule has 45 heavy (non-hydrogen) atoms. The lowest BCUT2D eigenvalue weighted by molar-refractivity contribution is 0.218. The summed E-state index contributed by atoms with van der Waals surface area (Å²) >= 11 is 1.92. The van der Waals surface area contributed by atoms with Crippen LogP contribution in [-0.4, -0.2) is 46.1 Å². The van der Waals surface area contributed by atoms with E-state index in [4.69, 9.17) is 14.2 Å². The van der Waals surface area contributed by atoms with Crippen molar-refractivity contribution in [2.45, 2.75) is 40.2 Å². The van der Waals surface area contributed by atoms with Crippen molar-refractivity contribution < 1.29 is 19.3 Å². The van der Waals surface area contributed by atoms with Crippen LogP contribution in [0.1, 0.15) is 40.3 Å². The van der Waals surface area contributed by atoms with Crippen molar-refractivity contribution in [1.82, 2.24) is 9.13 Å². The highest BCUT2D eigenvalue weighted by Gasteiger charge is 2.19. The van der Waals surface area contributed by atoms with E-state index in [1.54, 1.807) is 43.5 Å². The minimum Gasteiger partial charge on any atom is -0.504 e. The van der Waals surface area contributed by atoms with Crippen molar-refractivity contribution >= 4 is 36.3 Å². The van der Waals surface area contributed by atoms with Crippen molar-refractivity contribution in [2.75, 3.05) is 25.7 Å². The quantitative estimate of drug-likeness (QED) is 0.230. The first-order valence-electron chi connectivity index (χ1n) is 14.6. The Morgan fingerprint density at radius 1 is 0.711 bits per heavy atom. The third kappa shape index (κ3) is 8.95. The van der Waals surface area contributed by atoms with Gasteiger partial charge < -0.3 is 28.5 Å². The molecule has 2 aromatic heterocycles. The number of thioether (sulfide) groups is 1. The van der Waals surface area contributed by atoms with Crippen LogP contribution >= 0.6 is 11.8 Å². The van der Waals surface area contributed by atoms with Crippen molar-refractivity contribution in [3.63, 3.8) is 0 Å². The lowest BCUT2D eigenvalue weighted by atomic mass is 10.2. The van der Waals surface area contributed by atoms with Gasteiger partial charge in [-0.05, 0) is 87.4 Å². The summed E-state index contributed by atoms with van der Waals surface area (Å²) in [6, 6.07) is 17.6. The van der Waals surface area contributed by atoms with Crippen LogP contribution in [0.2, 0.25) is 0 Å².